The minimum atomic E-state index is -0.700. The Morgan fingerprint density at radius 3 is 3.00 bits per heavy atom. The van der Waals surface area contributed by atoms with Crippen LogP contribution in [0.2, 0.25) is 5.02 Å². The van der Waals surface area contributed by atoms with E-state index >= 15 is 0 Å². The molecule has 4 nitrogen and oxygen atoms in total. The predicted molar refractivity (Wildman–Crippen MR) is 83.0 cm³/mol. The zero-order chi connectivity index (χ0) is 15.1. The summed E-state index contributed by atoms with van der Waals surface area (Å²) in [5, 5.41) is 9.39. The van der Waals surface area contributed by atoms with E-state index in [0.29, 0.717) is 17.5 Å². The van der Waals surface area contributed by atoms with Crippen LogP contribution in [0, 0.1) is 5.92 Å². The third kappa shape index (κ3) is 5.56. The van der Waals surface area contributed by atoms with Crippen LogP contribution in [0.25, 0.3) is 0 Å². The van der Waals surface area contributed by atoms with Crippen LogP contribution in [0.3, 0.4) is 0 Å². The molecule has 0 spiro atoms. The van der Waals surface area contributed by atoms with Gasteiger partial charge >= 0.3 is 5.97 Å². The Labute approximate surface area is 130 Å². The summed E-state index contributed by atoms with van der Waals surface area (Å²) in [4.78, 5) is 13.0. The molecular formula is C16H22ClNO3. The van der Waals surface area contributed by atoms with Gasteiger partial charge in [0.1, 0.15) is 12.4 Å². The Hall–Kier alpha value is -1.26. The molecule has 1 unspecified atom stereocenters. The summed E-state index contributed by atoms with van der Waals surface area (Å²) in [6.45, 7) is 3.50. The number of ether oxygens (including phenoxy) is 1. The number of rotatable bonds is 7. The van der Waals surface area contributed by atoms with E-state index in [1.807, 2.05) is 24.3 Å². The number of hydrogen-bond donors (Lipinski definition) is 1. The highest BCUT2D eigenvalue weighted by molar-refractivity contribution is 6.32. The summed E-state index contributed by atoms with van der Waals surface area (Å²) >= 11 is 6.05. The van der Waals surface area contributed by atoms with Gasteiger partial charge in [-0.2, -0.15) is 0 Å². The third-order valence-corrected chi connectivity index (χ3v) is 4.18. The smallest absolute Gasteiger partial charge is 0.303 e. The highest BCUT2D eigenvalue weighted by Crippen LogP contribution is 2.24. The first-order valence-corrected chi connectivity index (χ1v) is 7.84. The Morgan fingerprint density at radius 1 is 1.43 bits per heavy atom. The summed E-state index contributed by atoms with van der Waals surface area (Å²) in [5.74, 6) is 0.517. The Bertz CT molecular complexity index is 467. The van der Waals surface area contributed by atoms with Crippen LogP contribution in [0.15, 0.2) is 24.3 Å². The van der Waals surface area contributed by atoms with E-state index in [9.17, 15) is 4.79 Å². The summed E-state index contributed by atoms with van der Waals surface area (Å²) < 4.78 is 5.71. The minimum Gasteiger partial charge on any atom is -0.491 e. The fourth-order valence-corrected chi connectivity index (χ4v) is 2.95. The lowest BCUT2D eigenvalue weighted by atomic mass is 9.93. The molecule has 0 bridgehead atoms. The van der Waals surface area contributed by atoms with Gasteiger partial charge in [-0.3, -0.25) is 9.69 Å². The monoisotopic (exact) mass is 311 g/mol. The maximum Gasteiger partial charge on any atom is 0.303 e. The van der Waals surface area contributed by atoms with Crippen molar-refractivity contribution in [2.24, 2.45) is 5.92 Å². The third-order valence-electron chi connectivity index (χ3n) is 3.87. The van der Waals surface area contributed by atoms with Crippen molar-refractivity contribution in [2.75, 3.05) is 26.2 Å². The molecule has 1 N–H and O–H groups in total. The zero-order valence-corrected chi connectivity index (χ0v) is 12.9. The fourth-order valence-electron chi connectivity index (χ4n) is 2.76. The van der Waals surface area contributed by atoms with Crippen molar-refractivity contribution in [3.05, 3.63) is 29.3 Å². The normalized spacial score (nSPS) is 19.4. The van der Waals surface area contributed by atoms with Crippen LogP contribution in [-0.2, 0) is 4.79 Å². The largest absolute Gasteiger partial charge is 0.491 e. The van der Waals surface area contributed by atoms with Crippen molar-refractivity contribution in [3.63, 3.8) is 0 Å². The molecule has 0 aliphatic carbocycles. The predicted octanol–water partition coefficient (Wildman–Crippen LogP) is 3.30. The second kappa shape index (κ2) is 8.25. The molecule has 1 aliphatic rings. The summed E-state index contributed by atoms with van der Waals surface area (Å²) in [5.41, 5.74) is 0. The molecule has 0 saturated carbocycles. The number of benzene rings is 1. The van der Waals surface area contributed by atoms with E-state index in [1.54, 1.807) is 0 Å². The average Bonchev–Trinajstić information content (AvgIpc) is 2.48. The fraction of sp³-hybridized carbons (Fsp3) is 0.562. The SMILES string of the molecule is O=C(O)CCC1CCCN(CCOc2ccccc2Cl)C1. The summed E-state index contributed by atoms with van der Waals surface area (Å²) in [7, 11) is 0. The van der Waals surface area contributed by atoms with E-state index < -0.39 is 5.97 Å². The van der Waals surface area contributed by atoms with Crippen LogP contribution in [0.5, 0.6) is 5.75 Å². The van der Waals surface area contributed by atoms with E-state index in [-0.39, 0.29) is 6.42 Å². The van der Waals surface area contributed by atoms with Crippen LogP contribution in [0.1, 0.15) is 25.7 Å². The molecule has 116 valence electrons. The molecular weight excluding hydrogens is 290 g/mol. The van der Waals surface area contributed by atoms with Crippen molar-refractivity contribution in [1.29, 1.82) is 0 Å². The molecule has 0 amide bonds. The molecule has 0 radical (unpaired) electrons. The van der Waals surface area contributed by atoms with Crippen LogP contribution in [-0.4, -0.2) is 42.2 Å². The Balaban J connectivity index is 1.70. The van der Waals surface area contributed by atoms with Gasteiger partial charge in [0.25, 0.3) is 0 Å². The van der Waals surface area contributed by atoms with E-state index in [2.05, 4.69) is 4.90 Å². The number of para-hydroxylation sites is 1. The van der Waals surface area contributed by atoms with Gasteiger partial charge in [0.15, 0.2) is 0 Å². The maximum absolute atomic E-state index is 10.6. The van der Waals surface area contributed by atoms with Gasteiger partial charge in [-0.1, -0.05) is 23.7 Å². The number of aliphatic carboxylic acids is 1. The van der Waals surface area contributed by atoms with Crippen molar-refractivity contribution in [1.82, 2.24) is 4.90 Å². The Kier molecular flexibility index (Phi) is 6.33. The molecule has 21 heavy (non-hydrogen) atoms. The van der Waals surface area contributed by atoms with E-state index in [1.165, 1.54) is 0 Å². The standard InChI is InChI=1S/C16H22ClNO3/c17-14-5-1-2-6-15(14)21-11-10-18-9-3-4-13(12-18)7-8-16(19)20/h1-2,5-6,13H,3-4,7-12H2,(H,19,20). The minimum absolute atomic E-state index is 0.272. The highest BCUT2D eigenvalue weighted by atomic mass is 35.5. The lowest BCUT2D eigenvalue weighted by Gasteiger charge is -2.32. The number of nitrogens with zero attached hydrogens (tertiary/aromatic N) is 1. The van der Waals surface area contributed by atoms with Gasteiger partial charge in [0.2, 0.25) is 0 Å². The Morgan fingerprint density at radius 2 is 2.24 bits per heavy atom. The van der Waals surface area contributed by atoms with Gasteiger partial charge in [0.05, 0.1) is 5.02 Å². The van der Waals surface area contributed by atoms with Crippen molar-refractivity contribution >= 4 is 17.6 Å². The first-order valence-electron chi connectivity index (χ1n) is 7.46. The molecule has 2 rings (SSSR count). The number of likely N-dealkylation sites (tertiary alicyclic amines) is 1. The van der Waals surface area contributed by atoms with Gasteiger partial charge < -0.3 is 9.84 Å². The first kappa shape index (κ1) is 16.1. The second-order valence-corrected chi connectivity index (χ2v) is 5.93. The molecule has 5 heteroatoms. The zero-order valence-electron chi connectivity index (χ0n) is 12.1. The molecule has 1 aliphatic heterocycles. The molecule has 1 fully saturated rings. The van der Waals surface area contributed by atoms with Gasteiger partial charge in [-0.15, -0.1) is 0 Å². The number of hydrogen-bond acceptors (Lipinski definition) is 3. The number of carbonyl (C=O) groups is 1. The maximum atomic E-state index is 10.6. The second-order valence-electron chi connectivity index (χ2n) is 5.52. The molecule has 0 aromatic heterocycles. The highest BCUT2D eigenvalue weighted by Gasteiger charge is 2.20. The average molecular weight is 312 g/mol. The lowest BCUT2D eigenvalue weighted by molar-refractivity contribution is -0.137. The number of carboxylic acid groups (broad SMARTS) is 1. The molecule has 1 aromatic carbocycles. The van der Waals surface area contributed by atoms with Crippen molar-refractivity contribution in [2.45, 2.75) is 25.7 Å². The van der Waals surface area contributed by atoms with Crippen LogP contribution in [0.4, 0.5) is 0 Å². The van der Waals surface area contributed by atoms with Gasteiger partial charge in [-0.25, -0.2) is 0 Å². The number of halogens is 1. The molecule has 1 atom stereocenters. The van der Waals surface area contributed by atoms with Crippen LogP contribution >= 0.6 is 11.6 Å². The summed E-state index contributed by atoms with van der Waals surface area (Å²) in [6, 6.07) is 7.48. The number of carboxylic acids is 1. The van der Waals surface area contributed by atoms with Crippen LogP contribution < -0.4 is 4.74 Å². The molecule has 1 heterocycles. The first-order chi connectivity index (χ1) is 10.1. The molecule has 1 saturated heterocycles. The number of piperidine rings is 1. The topological polar surface area (TPSA) is 49.8 Å². The lowest BCUT2D eigenvalue weighted by Crippen LogP contribution is -2.38. The van der Waals surface area contributed by atoms with Crippen molar-refractivity contribution < 1.29 is 14.6 Å². The molecule has 1 aromatic rings. The van der Waals surface area contributed by atoms with E-state index in [0.717, 1.165) is 44.6 Å². The van der Waals surface area contributed by atoms with Crippen molar-refractivity contribution in [3.8, 4) is 5.75 Å². The van der Waals surface area contributed by atoms with Gasteiger partial charge in [0, 0.05) is 19.5 Å². The summed E-state index contributed by atoms with van der Waals surface area (Å²) in [6.07, 6.45) is 3.32. The quantitative estimate of drug-likeness (QED) is 0.839. The van der Waals surface area contributed by atoms with E-state index in [4.69, 9.17) is 21.4 Å². The van der Waals surface area contributed by atoms with Gasteiger partial charge in [-0.05, 0) is 43.9 Å².